The quantitative estimate of drug-likeness (QED) is 0.772. The second-order valence-electron chi connectivity index (χ2n) is 6.63. The molecule has 1 N–H and O–H groups in total. The van der Waals surface area contributed by atoms with Crippen LogP contribution >= 0.6 is 0 Å². The van der Waals surface area contributed by atoms with Crippen LogP contribution in [0.2, 0.25) is 0 Å². The van der Waals surface area contributed by atoms with Crippen molar-refractivity contribution in [1.29, 1.82) is 0 Å². The Morgan fingerprint density at radius 2 is 2.12 bits per heavy atom. The van der Waals surface area contributed by atoms with Crippen LogP contribution in [0.25, 0.3) is 0 Å². The van der Waals surface area contributed by atoms with Crippen molar-refractivity contribution < 1.29 is 9.59 Å². The van der Waals surface area contributed by atoms with E-state index in [2.05, 4.69) is 22.2 Å². The summed E-state index contributed by atoms with van der Waals surface area (Å²) in [6.07, 6.45) is 6.38. The van der Waals surface area contributed by atoms with Gasteiger partial charge in [-0.1, -0.05) is 25.1 Å². The third kappa shape index (κ3) is 4.91. The molecule has 0 radical (unpaired) electrons. The average molecular weight is 333 g/mol. The SMILES string of the molecule is C=CCCC(=O)N1CCC(n2cc(C(=O)NCC(C)C)nn2)CC1. The Hall–Kier alpha value is -2.18. The molecule has 0 saturated carbocycles. The van der Waals surface area contributed by atoms with E-state index < -0.39 is 0 Å². The van der Waals surface area contributed by atoms with Gasteiger partial charge in [0, 0.05) is 26.1 Å². The Morgan fingerprint density at radius 1 is 1.42 bits per heavy atom. The molecule has 0 aromatic carbocycles. The van der Waals surface area contributed by atoms with Crippen LogP contribution in [0.15, 0.2) is 18.9 Å². The molecule has 0 unspecified atom stereocenters. The van der Waals surface area contributed by atoms with Gasteiger partial charge in [0.2, 0.25) is 5.91 Å². The van der Waals surface area contributed by atoms with Gasteiger partial charge in [-0.15, -0.1) is 11.7 Å². The predicted octanol–water partition coefficient (Wildman–Crippen LogP) is 1.79. The van der Waals surface area contributed by atoms with Crippen LogP contribution in [-0.4, -0.2) is 51.3 Å². The lowest BCUT2D eigenvalue weighted by molar-refractivity contribution is -0.132. The second-order valence-corrected chi connectivity index (χ2v) is 6.63. The molecule has 1 aromatic rings. The van der Waals surface area contributed by atoms with E-state index in [-0.39, 0.29) is 17.9 Å². The zero-order chi connectivity index (χ0) is 17.5. The number of rotatable bonds is 7. The van der Waals surface area contributed by atoms with Crippen LogP contribution in [0.5, 0.6) is 0 Å². The topological polar surface area (TPSA) is 80.1 Å². The number of likely N-dealkylation sites (tertiary alicyclic amines) is 1. The maximum Gasteiger partial charge on any atom is 0.273 e. The zero-order valence-corrected chi connectivity index (χ0v) is 14.6. The first kappa shape index (κ1) is 18.2. The van der Waals surface area contributed by atoms with Crippen LogP contribution < -0.4 is 5.32 Å². The molecule has 1 aromatic heterocycles. The highest BCUT2D eigenvalue weighted by Crippen LogP contribution is 2.22. The van der Waals surface area contributed by atoms with E-state index in [9.17, 15) is 9.59 Å². The van der Waals surface area contributed by atoms with Gasteiger partial charge in [0.25, 0.3) is 5.91 Å². The molecule has 7 heteroatoms. The molecule has 24 heavy (non-hydrogen) atoms. The fraction of sp³-hybridized carbons (Fsp3) is 0.647. The Kier molecular flexibility index (Phi) is 6.52. The van der Waals surface area contributed by atoms with Crippen molar-refractivity contribution >= 4 is 11.8 Å². The Labute approximate surface area is 143 Å². The lowest BCUT2D eigenvalue weighted by Crippen LogP contribution is -2.39. The maximum absolute atomic E-state index is 12.0. The van der Waals surface area contributed by atoms with Crippen molar-refractivity contribution in [1.82, 2.24) is 25.2 Å². The fourth-order valence-corrected chi connectivity index (χ4v) is 2.71. The molecular formula is C17H27N5O2. The van der Waals surface area contributed by atoms with Gasteiger partial charge in [-0.3, -0.25) is 9.59 Å². The molecule has 1 saturated heterocycles. The standard InChI is InChI=1S/C17H27N5O2/c1-4-5-6-16(23)21-9-7-14(8-10-21)22-12-15(19-20-22)17(24)18-11-13(2)3/h4,12-14H,1,5-11H2,2-3H3,(H,18,24). The molecule has 132 valence electrons. The van der Waals surface area contributed by atoms with Crippen molar-refractivity contribution in [3.63, 3.8) is 0 Å². The summed E-state index contributed by atoms with van der Waals surface area (Å²) in [5, 5.41) is 10.9. The monoisotopic (exact) mass is 333 g/mol. The molecule has 1 fully saturated rings. The largest absolute Gasteiger partial charge is 0.350 e. The van der Waals surface area contributed by atoms with Gasteiger partial charge in [0.1, 0.15) is 0 Å². The summed E-state index contributed by atoms with van der Waals surface area (Å²) >= 11 is 0. The van der Waals surface area contributed by atoms with E-state index in [0.29, 0.717) is 24.6 Å². The van der Waals surface area contributed by atoms with Crippen LogP contribution in [0.3, 0.4) is 0 Å². The Bertz CT molecular complexity index is 573. The first-order valence-electron chi connectivity index (χ1n) is 8.60. The van der Waals surface area contributed by atoms with Gasteiger partial charge < -0.3 is 10.2 Å². The normalized spacial score (nSPS) is 15.5. The number of carbonyl (C=O) groups is 2. The first-order valence-corrected chi connectivity index (χ1v) is 8.60. The number of hydrogen-bond donors (Lipinski definition) is 1. The van der Waals surface area contributed by atoms with E-state index in [4.69, 9.17) is 0 Å². The number of allylic oxidation sites excluding steroid dienone is 1. The van der Waals surface area contributed by atoms with Crippen molar-refractivity contribution in [2.24, 2.45) is 5.92 Å². The zero-order valence-electron chi connectivity index (χ0n) is 14.6. The predicted molar refractivity (Wildman–Crippen MR) is 91.5 cm³/mol. The molecule has 0 spiro atoms. The molecule has 0 aliphatic carbocycles. The van der Waals surface area contributed by atoms with Gasteiger partial charge in [-0.25, -0.2) is 4.68 Å². The van der Waals surface area contributed by atoms with E-state index >= 15 is 0 Å². The van der Waals surface area contributed by atoms with Crippen LogP contribution in [0.1, 0.15) is 56.1 Å². The molecule has 1 aliphatic heterocycles. The molecule has 2 heterocycles. The highest BCUT2D eigenvalue weighted by molar-refractivity contribution is 5.91. The minimum Gasteiger partial charge on any atom is -0.350 e. The number of amides is 2. The number of hydrogen-bond acceptors (Lipinski definition) is 4. The molecule has 7 nitrogen and oxygen atoms in total. The van der Waals surface area contributed by atoms with Crippen molar-refractivity contribution in [2.75, 3.05) is 19.6 Å². The molecule has 0 bridgehead atoms. The lowest BCUT2D eigenvalue weighted by atomic mass is 10.0. The fourth-order valence-electron chi connectivity index (χ4n) is 2.71. The Balaban J connectivity index is 1.85. The highest BCUT2D eigenvalue weighted by atomic mass is 16.2. The molecule has 0 atom stereocenters. The summed E-state index contributed by atoms with van der Waals surface area (Å²) in [5.74, 6) is 0.389. The van der Waals surface area contributed by atoms with E-state index in [1.54, 1.807) is 17.0 Å². The number of aromatic nitrogens is 3. The molecule has 2 amide bonds. The summed E-state index contributed by atoms with van der Waals surface area (Å²) in [5.41, 5.74) is 0.347. The second kappa shape index (κ2) is 8.61. The minimum absolute atomic E-state index is 0.181. The van der Waals surface area contributed by atoms with E-state index in [1.165, 1.54) is 0 Å². The smallest absolute Gasteiger partial charge is 0.273 e. The van der Waals surface area contributed by atoms with Crippen LogP contribution in [-0.2, 0) is 4.79 Å². The van der Waals surface area contributed by atoms with Gasteiger partial charge in [0.05, 0.1) is 12.2 Å². The maximum atomic E-state index is 12.0. The Morgan fingerprint density at radius 3 is 2.75 bits per heavy atom. The van der Waals surface area contributed by atoms with Gasteiger partial charge in [0.15, 0.2) is 5.69 Å². The molecular weight excluding hydrogens is 306 g/mol. The van der Waals surface area contributed by atoms with Crippen molar-refractivity contribution in [2.45, 2.75) is 45.6 Å². The number of nitrogens with zero attached hydrogens (tertiary/aromatic N) is 4. The van der Waals surface area contributed by atoms with Crippen LogP contribution in [0.4, 0.5) is 0 Å². The summed E-state index contributed by atoms with van der Waals surface area (Å²) < 4.78 is 1.76. The molecule has 1 aliphatic rings. The van der Waals surface area contributed by atoms with E-state index in [1.807, 2.05) is 18.7 Å². The van der Waals surface area contributed by atoms with Crippen molar-refractivity contribution in [3.05, 3.63) is 24.5 Å². The number of carbonyl (C=O) groups excluding carboxylic acids is 2. The third-order valence-electron chi connectivity index (χ3n) is 4.17. The average Bonchev–Trinajstić information content (AvgIpc) is 3.07. The summed E-state index contributed by atoms with van der Waals surface area (Å²) in [6.45, 7) is 9.79. The lowest BCUT2D eigenvalue weighted by Gasteiger charge is -2.31. The summed E-state index contributed by atoms with van der Waals surface area (Å²) in [4.78, 5) is 25.9. The van der Waals surface area contributed by atoms with Gasteiger partial charge in [-0.2, -0.15) is 0 Å². The summed E-state index contributed by atoms with van der Waals surface area (Å²) in [6, 6.07) is 0.188. The van der Waals surface area contributed by atoms with E-state index in [0.717, 1.165) is 32.4 Å². The van der Waals surface area contributed by atoms with Gasteiger partial charge in [-0.05, 0) is 25.2 Å². The number of piperidine rings is 1. The van der Waals surface area contributed by atoms with Crippen LogP contribution in [0, 0.1) is 5.92 Å². The highest BCUT2D eigenvalue weighted by Gasteiger charge is 2.24. The minimum atomic E-state index is -0.188. The third-order valence-corrected chi connectivity index (χ3v) is 4.17. The first-order chi connectivity index (χ1) is 11.5. The van der Waals surface area contributed by atoms with Crippen molar-refractivity contribution in [3.8, 4) is 0 Å². The van der Waals surface area contributed by atoms with Gasteiger partial charge >= 0.3 is 0 Å². The molecule has 2 rings (SSSR count). The summed E-state index contributed by atoms with van der Waals surface area (Å²) in [7, 11) is 0. The number of nitrogens with one attached hydrogen (secondary N) is 1.